The van der Waals surface area contributed by atoms with Gasteiger partial charge in [0.1, 0.15) is 0 Å². The summed E-state index contributed by atoms with van der Waals surface area (Å²) in [5, 5.41) is 14.4. The standard InChI is InChI=1S/C38H65NO5/c1-23(2)24(3)34(7)17-18-36(9)25-13-14-28-35(8)21-43-22-38(28,26(25)15-16-37(36,10)30(34)32(40)41)19-27(42-12)31(35)44-20-29(39-11)33(4,5)6/h15,23-25,27-31,39H,13-14,16-22H2,1-12H3,(H,40,41)/t24-,25+,27-,28+,29+,30-,31+,34-,35-,36-,37+,38+/m1/s1. The Morgan fingerprint density at radius 1 is 1.09 bits per heavy atom. The maximum Gasteiger partial charge on any atom is 0.307 e. The van der Waals surface area contributed by atoms with Gasteiger partial charge in [0.25, 0.3) is 0 Å². The van der Waals surface area contributed by atoms with Crippen molar-refractivity contribution in [2.24, 2.45) is 62.1 Å². The minimum absolute atomic E-state index is 0.00769. The van der Waals surface area contributed by atoms with E-state index in [9.17, 15) is 9.90 Å². The summed E-state index contributed by atoms with van der Waals surface area (Å²) in [5.74, 6) is 0.655. The molecule has 252 valence electrons. The van der Waals surface area contributed by atoms with E-state index in [0.29, 0.717) is 36.9 Å². The van der Waals surface area contributed by atoms with Gasteiger partial charge in [-0.15, -0.1) is 0 Å². The van der Waals surface area contributed by atoms with Gasteiger partial charge in [-0.1, -0.05) is 80.9 Å². The number of nitrogens with one attached hydrogen (secondary N) is 1. The number of carboxylic acid groups (broad SMARTS) is 1. The fourth-order valence-electron chi connectivity index (χ4n) is 12.0. The molecule has 6 nitrogen and oxygen atoms in total. The van der Waals surface area contributed by atoms with Gasteiger partial charge < -0.3 is 24.6 Å². The highest BCUT2D eigenvalue weighted by Gasteiger charge is 2.71. The Kier molecular flexibility index (Phi) is 8.86. The Labute approximate surface area is 268 Å². The number of methoxy groups -OCH3 is 1. The molecule has 0 aromatic carbocycles. The lowest BCUT2D eigenvalue weighted by Gasteiger charge is -2.71. The van der Waals surface area contributed by atoms with Crippen molar-refractivity contribution in [3.63, 3.8) is 0 Å². The number of carbonyl (C=O) groups is 1. The molecule has 5 aliphatic rings. The summed E-state index contributed by atoms with van der Waals surface area (Å²) in [4.78, 5) is 13.3. The molecule has 3 saturated carbocycles. The average molecular weight is 616 g/mol. The number of likely N-dealkylation sites (N-methyl/N-ethyl adjacent to an activating group) is 1. The van der Waals surface area contributed by atoms with Crippen LogP contribution in [0.5, 0.6) is 0 Å². The number of aliphatic carboxylic acids is 1. The summed E-state index contributed by atoms with van der Waals surface area (Å²) in [6.45, 7) is 25.2. The van der Waals surface area contributed by atoms with Crippen molar-refractivity contribution >= 4 is 5.97 Å². The monoisotopic (exact) mass is 615 g/mol. The predicted octanol–water partition coefficient (Wildman–Crippen LogP) is 7.61. The summed E-state index contributed by atoms with van der Waals surface area (Å²) >= 11 is 0. The molecular formula is C38H65NO5. The maximum absolute atomic E-state index is 13.3. The molecule has 44 heavy (non-hydrogen) atoms. The number of allylic oxidation sites excluding steroid dienone is 1. The van der Waals surface area contributed by atoms with Gasteiger partial charge in [-0.3, -0.25) is 4.79 Å². The predicted molar refractivity (Wildman–Crippen MR) is 176 cm³/mol. The summed E-state index contributed by atoms with van der Waals surface area (Å²) in [6, 6.07) is 0.242. The minimum Gasteiger partial charge on any atom is -0.481 e. The summed E-state index contributed by atoms with van der Waals surface area (Å²) in [6.07, 6.45) is 8.53. The Bertz CT molecular complexity index is 1130. The third-order valence-electron chi connectivity index (χ3n) is 15.2. The van der Waals surface area contributed by atoms with Gasteiger partial charge in [0.05, 0.1) is 37.9 Å². The van der Waals surface area contributed by atoms with Crippen LogP contribution < -0.4 is 5.32 Å². The second kappa shape index (κ2) is 11.3. The Balaban J connectivity index is 1.53. The normalized spacial score (nSPS) is 46.8. The van der Waals surface area contributed by atoms with Crippen molar-refractivity contribution in [1.29, 1.82) is 0 Å². The molecule has 0 radical (unpaired) electrons. The topological polar surface area (TPSA) is 77.0 Å². The van der Waals surface area contributed by atoms with Crippen LogP contribution in [0.3, 0.4) is 0 Å². The van der Waals surface area contributed by atoms with Crippen molar-refractivity contribution in [2.75, 3.05) is 34.0 Å². The van der Waals surface area contributed by atoms with E-state index in [4.69, 9.17) is 14.2 Å². The van der Waals surface area contributed by atoms with Gasteiger partial charge in [-0.25, -0.2) is 0 Å². The van der Waals surface area contributed by atoms with Crippen LogP contribution in [0.1, 0.15) is 108 Å². The molecule has 0 spiro atoms. The second-order valence-corrected chi connectivity index (χ2v) is 18.3. The number of carboxylic acids is 1. The molecule has 2 N–H and O–H groups in total. The fourth-order valence-corrected chi connectivity index (χ4v) is 12.0. The second-order valence-electron chi connectivity index (χ2n) is 18.3. The minimum atomic E-state index is -0.599. The van der Waals surface area contributed by atoms with E-state index in [1.807, 2.05) is 14.2 Å². The van der Waals surface area contributed by atoms with E-state index in [1.54, 1.807) is 5.57 Å². The Hall–Kier alpha value is -0.950. The van der Waals surface area contributed by atoms with Gasteiger partial charge in [0, 0.05) is 24.0 Å². The first-order chi connectivity index (χ1) is 20.4. The van der Waals surface area contributed by atoms with Crippen LogP contribution in [0.4, 0.5) is 0 Å². The van der Waals surface area contributed by atoms with Crippen LogP contribution in [-0.4, -0.2) is 63.3 Å². The first-order valence-electron chi connectivity index (χ1n) is 17.7. The van der Waals surface area contributed by atoms with Crippen molar-refractivity contribution in [3.8, 4) is 0 Å². The molecule has 1 heterocycles. The highest BCUT2D eigenvalue weighted by Crippen LogP contribution is 2.75. The smallest absolute Gasteiger partial charge is 0.307 e. The molecule has 12 atom stereocenters. The molecule has 2 bridgehead atoms. The van der Waals surface area contributed by atoms with E-state index in [-0.39, 0.29) is 56.7 Å². The molecule has 0 aromatic heterocycles. The van der Waals surface area contributed by atoms with Crippen LogP contribution in [0.25, 0.3) is 0 Å². The van der Waals surface area contributed by atoms with Crippen LogP contribution in [0.15, 0.2) is 11.6 Å². The number of hydrogen-bond donors (Lipinski definition) is 2. The van der Waals surface area contributed by atoms with E-state index >= 15 is 0 Å². The Morgan fingerprint density at radius 2 is 1.77 bits per heavy atom. The number of hydrogen-bond acceptors (Lipinski definition) is 5. The fraction of sp³-hybridized carbons (Fsp3) is 0.921. The molecule has 1 aliphatic heterocycles. The highest BCUT2D eigenvalue weighted by atomic mass is 16.5. The van der Waals surface area contributed by atoms with Gasteiger partial charge in [-0.05, 0) is 90.9 Å². The van der Waals surface area contributed by atoms with Crippen molar-refractivity contribution in [3.05, 3.63) is 11.6 Å². The number of rotatable bonds is 8. The first kappa shape index (κ1) is 34.4. The molecule has 0 unspecified atom stereocenters. The molecule has 5 rings (SSSR count). The zero-order valence-electron chi connectivity index (χ0n) is 30.1. The molecule has 4 aliphatic carbocycles. The SMILES string of the molecule is CN[C@@H](CO[C@H]1[C@H](OC)C[C@@]23COC[C@]1(C)[C@@H]2CC[C@H]1C3=CC[C@@]2(C)[C@H](C(=O)O)[C@@](C)([C@H](C)C(C)C)CC[C@]12C)C(C)(C)C. The Morgan fingerprint density at radius 3 is 2.34 bits per heavy atom. The van der Waals surface area contributed by atoms with Crippen molar-refractivity contribution in [1.82, 2.24) is 5.32 Å². The molecular weight excluding hydrogens is 550 g/mol. The quantitative estimate of drug-likeness (QED) is 0.274. The summed E-state index contributed by atoms with van der Waals surface area (Å²) < 4.78 is 19.9. The maximum atomic E-state index is 13.3. The zero-order chi connectivity index (χ0) is 32.7. The molecule has 0 amide bonds. The lowest BCUT2D eigenvalue weighted by Crippen LogP contribution is -2.70. The largest absolute Gasteiger partial charge is 0.481 e. The van der Waals surface area contributed by atoms with Crippen LogP contribution in [0.2, 0.25) is 0 Å². The lowest BCUT2D eigenvalue weighted by atomic mass is 9.34. The van der Waals surface area contributed by atoms with Gasteiger partial charge in [-0.2, -0.15) is 0 Å². The lowest BCUT2D eigenvalue weighted by molar-refractivity contribution is -0.268. The van der Waals surface area contributed by atoms with Gasteiger partial charge >= 0.3 is 5.97 Å². The van der Waals surface area contributed by atoms with Crippen LogP contribution in [-0.2, 0) is 19.0 Å². The number of ether oxygens (including phenoxy) is 3. The van der Waals surface area contributed by atoms with Gasteiger partial charge in [0.15, 0.2) is 0 Å². The summed E-state index contributed by atoms with van der Waals surface area (Å²) in [5.41, 5.74) is 0.807. The van der Waals surface area contributed by atoms with E-state index < -0.39 is 5.97 Å². The molecule has 1 saturated heterocycles. The molecule has 6 heteroatoms. The van der Waals surface area contributed by atoms with E-state index in [1.165, 1.54) is 0 Å². The summed E-state index contributed by atoms with van der Waals surface area (Å²) in [7, 11) is 3.89. The third-order valence-corrected chi connectivity index (χ3v) is 15.2. The zero-order valence-corrected chi connectivity index (χ0v) is 30.1. The van der Waals surface area contributed by atoms with E-state index in [2.05, 4.69) is 80.6 Å². The molecule has 4 fully saturated rings. The van der Waals surface area contributed by atoms with Crippen LogP contribution >= 0.6 is 0 Å². The first-order valence-corrected chi connectivity index (χ1v) is 17.7. The number of fused-ring (bicyclic) bond motifs is 3. The van der Waals surface area contributed by atoms with E-state index in [0.717, 1.165) is 45.1 Å². The van der Waals surface area contributed by atoms with Crippen LogP contribution in [0, 0.1) is 62.1 Å². The van der Waals surface area contributed by atoms with Crippen molar-refractivity contribution < 1.29 is 24.1 Å². The van der Waals surface area contributed by atoms with Crippen molar-refractivity contribution in [2.45, 2.75) is 126 Å². The molecule has 0 aromatic rings. The average Bonchev–Trinajstić information content (AvgIpc) is 2.93. The highest BCUT2D eigenvalue weighted by molar-refractivity contribution is 5.73. The van der Waals surface area contributed by atoms with Gasteiger partial charge in [0.2, 0.25) is 0 Å². The third kappa shape index (κ3) is 4.72.